The minimum absolute atomic E-state index is 0.0534. The van der Waals surface area contributed by atoms with Gasteiger partial charge in [0.2, 0.25) is 5.91 Å². The Balaban J connectivity index is 1.77. The van der Waals surface area contributed by atoms with Crippen molar-refractivity contribution in [2.75, 3.05) is 26.7 Å². The number of fused-ring (bicyclic) bond motifs is 1. The zero-order chi connectivity index (χ0) is 21.0. The molecule has 1 N–H and O–H groups in total. The van der Waals surface area contributed by atoms with Crippen LogP contribution in [-0.4, -0.2) is 64.0 Å². The van der Waals surface area contributed by atoms with E-state index in [1.165, 1.54) is 11.0 Å². The van der Waals surface area contributed by atoms with Crippen molar-refractivity contribution in [3.8, 4) is 0 Å². The van der Waals surface area contributed by atoms with Gasteiger partial charge in [0.1, 0.15) is 5.69 Å². The number of carbonyl (C=O) groups excluding carboxylic acids is 3. The lowest BCUT2D eigenvalue weighted by Gasteiger charge is -2.21. The Kier molecular flexibility index (Phi) is 6.31. The van der Waals surface area contributed by atoms with Gasteiger partial charge in [-0.05, 0) is 31.4 Å². The van der Waals surface area contributed by atoms with Gasteiger partial charge in [0, 0.05) is 39.3 Å². The van der Waals surface area contributed by atoms with E-state index in [0.717, 1.165) is 17.5 Å². The van der Waals surface area contributed by atoms with Crippen LogP contribution in [0.25, 0.3) is 0 Å². The average molecular weight is 397 g/mol. The Bertz CT molecular complexity index is 921. The number of benzene rings is 1. The molecule has 0 unspecified atom stereocenters. The van der Waals surface area contributed by atoms with E-state index in [2.05, 4.69) is 10.4 Å². The Morgan fingerprint density at radius 2 is 2.00 bits per heavy atom. The minimum atomic E-state index is -0.380. The van der Waals surface area contributed by atoms with Crippen molar-refractivity contribution in [3.63, 3.8) is 0 Å². The Morgan fingerprint density at radius 1 is 1.24 bits per heavy atom. The molecule has 3 rings (SSSR count). The predicted octanol–water partition coefficient (Wildman–Crippen LogP) is 1.45. The normalized spacial score (nSPS) is 13.6. The molecule has 3 amide bonds. The number of aromatic nitrogens is 2. The molecule has 1 aliphatic rings. The first-order valence-electron chi connectivity index (χ1n) is 9.84. The fourth-order valence-electron chi connectivity index (χ4n) is 3.42. The molecule has 0 spiro atoms. The van der Waals surface area contributed by atoms with Gasteiger partial charge in [-0.2, -0.15) is 5.10 Å². The molecular weight excluding hydrogens is 370 g/mol. The summed E-state index contributed by atoms with van der Waals surface area (Å²) in [4.78, 5) is 40.6. The van der Waals surface area contributed by atoms with Crippen LogP contribution in [0.4, 0.5) is 0 Å². The van der Waals surface area contributed by atoms with Crippen LogP contribution >= 0.6 is 0 Å². The zero-order valence-corrected chi connectivity index (χ0v) is 17.1. The Labute approximate surface area is 170 Å². The van der Waals surface area contributed by atoms with Crippen LogP contribution in [0.2, 0.25) is 0 Å². The highest BCUT2D eigenvalue weighted by Crippen LogP contribution is 2.18. The van der Waals surface area contributed by atoms with Gasteiger partial charge in [-0.3, -0.25) is 19.1 Å². The molecule has 29 heavy (non-hydrogen) atoms. The van der Waals surface area contributed by atoms with Gasteiger partial charge < -0.3 is 15.1 Å². The highest BCUT2D eigenvalue weighted by molar-refractivity contribution is 5.99. The summed E-state index contributed by atoms with van der Waals surface area (Å²) in [6.45, 7) is 6.03. The summed E-state index contributed by atoms with van der Waals surface area (Å²) in [6, 6.07) is 9.54. The van der Waals surface area contributed by atoms with E-state index < -0.39 is 0 Å². The van der Waals surface area contributed by atoms with Crippen molar-refractivity contribution in [2.24, 2.45) is 0 Å². The number of rotatable bonds is 6. The molecule has 0 atom stereocenters. The van der Waals surface area contributed by atoms with Crippen molar-refractivity contribution >= 4 is 17.7 Å². The number of nitrogens with one attached hydrogen (secondary N) is 1. The summed E-state index contributed by atoms with van der Waals surface area (Å²) in [5.74, 6) is -0.747. The molecule has 2 heterocycles. The minimum Gasteiger partial charge on any atom is -0.355 e. The first-order chi connectivity index (χ1) is 13.9. The van der Waals surface area contributed by atoms with Gasteiger partial charge in [-0.1, -0.05) is 24.3 Å². The molecule has 0 saturated carbocycles. The van der Waals surface area contributed by atoms with Crippen molar-refractivity contribution in [3.05, 3.63) is 52.8 Å². The van der Waals surface area contributed by atoms with Gasteiger partial charge in [0.25, 0.3) is 11.8 Å². The summed E-state index contributed by atoms with van der Waals surface area (Å²) in [6.07, 6.45) is 0.759. The lowest BCUT2D eigenvalue weighted by atomic mass is 10.1. The van der Waals surface area contributed by atoms with E-state index >= 15 is 0 Å². The van der Waals surface area contributed by atoms with E-state index in [4.69, 9.17) is 0 Å². The van der Waals surface area contributed by atoms with Crippen LogP contribution in [0.15, 0.2) is 30.3 Å². The molecule has 0 bridgehead atoms. The molecule has 154 valence electrons. The molecule has 1 aliphatic heterocycles. The van der Waals surface area contributed by atoms with Crippen LogP contribution in [0.1, 0.15) is 45.4 Å². The van der Waals surface area contributed by atoms with Gasteiger partial charge in [-0.25, -0.2) is 0 Å². The summed E-state index contributed by atoms with van der Waals surface area (Å²) >= 11 is 0. The lowest BCUT2D eigenvalue weighted by molar-refractivity contribution is -0.121. The molecular formula is C21H27N5O3. The number of amides is 3. The molecule has 0 radical (unpaired) electrons. The predicted molar refractivity (Wildman–Crippen MR) is 108 cm³/mol. The number of likely N-dealkylation sites (N-methyl/N-ethyl adjacent to an activating group) is 2. The standard InChI is InChI=1S/C21H27N5O3/c1-4-22-19(27)14-24(3)20(28)17-12-18-21(29)25(10-7-11-26(18)23-17)13-16-9-6-5-8-15(16)2/h5-6,8-9,12H,4,7,10-11,13-14H2,1-3H3,(H,22,27). The quantitative estimate of drug-likeness (QED) is 0.799. The van der Waals surface area contributed by atoms with Crippen LogP contribution in [0.5, 0.6) is 0 Å². The number of hydrogen-bond donors (Lipinski definition) is 1. The molecule has 8 nitrogen and oxygen atoms in total. The van der Waals surface area contributed by atoms with Crippen LogP contribution in [0, 0.1) is 6.92 Å². The second-order valence-electron chi connectivity index (χ2n) is 7.26. The van der Waals surface area contributed by atoms with E-state index in [1.54, 1.807) is 16.6 Å². The number of carbonyl (C=O) groups is 3. The fraction of sp³-hybridized carbons (Fsp3) is 0.429. The number of nitrogens with zero attached hydrogens (tertiary/aromatic N) is 4. The average Bonchev–Trinajstić information content (AvgIpc) is 3.06. The van der Waals surface area contributed by atoms with Crippen molar-refractivity contribution in [2.45, 2.75) is 33.4 Å². The lowest BCUT2D eigenvalue weighted by Crippen LogP contribution is -2.38. The van der Waals surface area contributed by atoms with Gasteiger partial charge in [0.05, 0.1) is 6.54 Å². The molecule has 0 aliphatic carbocycles. The molecule has 1 aromatic carbocycles. The highest BCUT2D eigenvalue weighted by atomic mass is 16.2. The van der Waals surface area contributed by atoms with E-state index in [0.29, 0.717) is 31.9 Å². The number of hydrogen-bond acceptors (Lipinski definition) is 4. The first-order valence-corrected chi connectivity index (χ1v) is 9.84. The summed E-state index contributed by atoms with van der Waals surface area (Å²) in [5, 5.41) is 7.00. The third-order valence-corrected chi connectivity index (χ3v) is 5.03. The second kappa shape index (κ2) is 8.89. The Hall–Kier alpha value is -3.16. The van der Waals surface area contributed by atoms with Crippen LogP contribution < -0.4 is 5.32 Å². The fourth-order valence-corrected chi connectivity index (χ4v) is 3.42. The molecule has 2 aromatic rings. The Morgan fingerprint density at radius 3 is 2.72 bits per heavy atom. The largest absolute Gasteiger partial charge is 0.355 e. The summed E-state index contributed by atoms with van der Waals surface area (Å²) in [7, 11) is 1.55. The molecule has 0 saturated heterocycles. The maximum Gasteiger partial charge on any atom is 0.274 e. The molecule has 8 heteroatoms. The molecule has 0 fully saturated rings. The third-order valence-electron chi connectivity index (χ3n) is 5.03. The highest BCUT2D eigenvalue weighted by Gasteiger charge is 2.27. The molecule has 1 aromatic heterocycles. The zero-order valence-electron chi connectivity index (χ0n) is 17.1. The van der Waals surface area contributed by atoms with Gasteiger partial charge in [0.15, 0.2) is 5.69 Å². The third kappa shape index (κ3) is 4.64. The SMILES string of the molecule is CCNC(=O)CN(C)C(=O)c1cc2n(n1)CCCN(Cc1ccccc1C)C2=O. The van der Waals surface area contributed by atoms with Gasteiger partial charge >= 0.3 is 0 Å². The maximum absolute atomic E-state index is 13.1. The number of aryl methyl sites for hydroxylation is 2. The monoisotopic (exact) mass is 397 g/mol. The van der Waals surface area contributed by atoms with Crippen molar-refractivity contribution in [1.82, 2.24) is 24.9 Å². The van der Waals surface area contributed by atoms with E-state index in [9.17, 15) is 14.4 Å². The smallest absolute Gasteiger partial charge is 0.274 e. The maximum atomic E-state index is 13.1. The van der Waals surface area contributed by atoms with E-state index in [-0.39, 0.29) is 30.0 Å². The topological polar surface area (TPSA) is 87.5 Å². The summed E-state index contributed by atoms with van der Waals surface area (Å²) in [5.41, 5.74) is 2.83. The summed E-state index contributed by atoms with van der Waals surface area (Å²) < 4.78 is 1.60. The van der Waals surface area contributed by atoms with Crippen LogP contribution in [-0.2, 0) is 17.9 Å². The van der Waals surface area contributed by atoms with Crippen LogP contribution in [0.3, 0.4) is 0 Å². The van der Waals surface area contributed by atoms with Crippen molar-refractivity contribution < 1.29 is 14.4 Å². The van der Waals surface area contributed by atoms with Gasteiger partial charge in [-0.15, -0.1) is 0 Å². The van der Waals surface area contributed by atoms with Crippen molar-refractivity contribution in [1.29, 1.82) is 0 Å². The first kappa shape index (κ1) is 20.6. The van der Waals surface area contributed by atoms with E-state index in [1.807, 2.05) is 38.1 Å². The second-order valence-corrected chi connectivity index (χ2v) is 7.26.